The lowest BCUT2D eigenvalue weighted by Gasteiger charge is -2.15. The van der Waals surface area contributed by atoms with Crippen molar-refractivity contribution in [3.8, 4) is 11.3 Å². The van der Waals surface area contributed by atoms with Gasteiger partial charge in [-0.2, -0.15) is 0 Å². The number of hydrogen-bond acceptors (Lipinski definition) is 4. The van der Waals surface area contributed by atoms with E-state index in [9.17, 15) is 0 Å². The number of nitrogens with two attached hydrogens (primary N) is 1. The minimum atomic E-state index is 0.753. The summed E-state index contributed by atoms with van der Waals surface area (Å²) < 4.78 is 0. The monoisotopic (exact) mass is 228 g/mol. The molecule has 0 aliphatic carbocycles. The number of benzene rings is 1. The molecular weight excluding hydrogens is 212 g/mol. The highest BCUT2D eigenvalue weighted by Crippen LogP contribution is 2.27. The maximum absolute atomic E-state index is 6.01. The zero-order chi connectivity index (χ0) is 12.4. The van der Waals surface area contributed by atoms with E-state index in [2.05, 4.69) is 9.97 Å². The van der Waals surface area contributed by atoms with Gasteiger partial charge in [0.25, 0.3) is 0 Å². The second kappa shape index (κ2) is 4.41. The summed E-state index contributed by atoms with van der Waals surface area (Å²) in [7, 11) is 3.94. The quantitative estimate of drug-likeness (QED) is 0.800. The van der Waals surface area contributed by atoms with Crippen molar-refractivity contribution in [2.24, 2.45) is 0 Å². The Balaban J connectivity index is 2.44. The van der Waals surface area contributed by atoms with Gasteiger partial charge >= 0.3 is 0 Å². The molecule has 0 saturated carbocycles. The number of aromatic nitrogens is 2. The lowest BCUT2D eigenvalue weighted by atomic mass is 10.1. The van der Waals surface area contributed by atoms with Gasteiger partial charge < -0.3 is 10.6 Å². The zero-order valence-corrected chi connectivity index (χ0v) is 10.3. The van der Waals surface area contributed by atoms with E-state index in [1.807, 2.05) is 50.2 Å². The fourth-order valence-electron chi connectivity index (χ4n) is 1.74. The van der Waals surface area contributed by atoms with E-state index in [1.165, 1.54) is 0 Å². The van der Waals surface area contributed by atoms with E-state index in [0.717, 1.165) is 28.5 Å². The molecule has 2 aromatic rings. The Morgan fingerprint density at radius 2 is 1.94 bits per heavy atom. The van der Waals surface area contributed by atoms with Crippen LogP contribution in [0.4, 0.5) is 11.4 Å². The van der Waals surface area contributed by atoms with Crippen molar-refractivity contribution in [3.05, 3.63) is 36.3 Å². The lowest BCUT2D eigenvalue weighted by molar-refractivity contribution is 1.06. The standard InChI is InChI=1S/C13H16N4/c1-9-15-7-6-12(16-9)10-4-5-13(17(2)3)11(14)8-10/h4-8H,14H2,1-3H3. The van der Waals surface area contributed by atoms with Gasteiger partial charge in [-0.05, 0) is 25.1 Å². The molecule has 0 saturated heterocycles. The van der Waals surface area contributed by atoms with Gasteiger partial charge in [0, 0.05) is 25.9 Å². The van der Waals surface area contributed by atoms with Crippen molar-refractivity contribution in [3.63, 3.8) is 0 Å². The third kappa shape index (κ3) is 2.36. The molecule has 4 heteroatoms. The van der Waals surface area contributed by atoms with Crippen molar-refractivity contribution < 1.29 is 0 Å². The van der Waals surface area contributed by atoms with E-state index < -0.39 is 0 Å². The van der Waals surface area contributed by atoms with Gasteiger partial charge in [0.2, 0.25) is 0 Å². The van der Waals surface area contributed by atoms with Crippen LogP contribution in [0.5, 0.6) is 0 Å². The summed E-state index contributed by atoms with van der Waals surface area (Å²) in [5.74, 6) is 0.762. The van der Waals surface area contributed by atoms with Crippen LogP contribution in [0, 0.1) is 6.92 Å². The first-order valence-electron chi connectivity index (χ1n) is 5.45. The third-order valence-electron chi connectivity index (χ3n) is 2.58. The van der Waals surface area contributed by atoms with Crippen LogP contribution in [-0.2, 0) is 0 Å². The Morgan fingerprint density at radius 3 is 2.53 bits per heavy atom. The average Bonchev–Trinajstić information content (AvgIpc) is 2.28. The predicted molar refractivity (Wildman–Crippen MR) is 70.9 cm³/mol. The molecule has 1 aromatic heterocycles. The maximum Gasteiger partial charge on any atom is 0.125 e. The van der Waals surface area contributed by atoms with Gasteiger partial charge in [-0.1, -0.05) is 6.07 Å². The van der Waals surface area contributed by atoms with Crippen molar-refractivity contribution in [2.75, 3.05) is 24.7 Å². The fraction of sp³-hybridized carbons (Fsp3) is 0.231. The summed E-state index contributed by atoms with van der Waals surface area (Å²) in [4.78, 5) is 10.5. The molecule has 2 N–H and O–H groups in total. The van der Waals surface area contributed by atoms with Crippen LogP contribution in [0.3, 0.4) is 0 Å². The summed E-state index contributed by atoms with van der Waals surface area (Å²) in [5, 5.41) is 0. The number of anilines is 2. The first-order chi connectivity index (χ1) is 8.08. The van der Waals surface area contributed by atoms with Crippen molar-refractivity contribution in [1.82, 2.24) is 9.97 Å². The van der Waals surface area contributed by atoms with Gasteiger partial charge in [-0.15, -0.1) is 0 Å². The molecule has 1 aromatic carbocycles. The molecule has 2 rings (SSSR count). The summed E-state index contributed by atoms with van der Waals surface area (Å²) in [5.41, 5.74) is 9.69. The summed E-state index contributed by atoms with van der Waals surface area (Å²) >= 11 is 0. The van der Waals surface area contributed by atoms with E-state index in [-0.39, 0.29) is 0 Å². The molecule has 0 unspecified atom stereocenters. The fourth-order valence-corrected chi connectivity index (χ4v) is 1.74. The van der Waals surface area contributed by atoms with Crippen LogP contribution in [0.1, 0.15) is 5.82 Å². The SMILES string of the molecule is Cc1nccc(-c2ccc(N(C)C)c(N)c2)n1. The van der Waals surface area contributed by atoms with E-state index in [1.54, 1.807) is 6.20 Å². The Labute approximate surface area is 101 Å². The van der Waals surface area contributed by atoms with Gasteiger partial charge in [-0.3, -0.25) is 0 Å². The molecule has 0 bridgehead atoms. The largest absolute Gasteiger partial charge is 0.397 e. The van der Waals surface area contributed by atoms with Gasteiger partial charge in [0.1, 0.15) is 5.82 Å². The minimum Gasteiger partial charge on any atom is -0.397 e. The molecular formula is C13H16N4. The Hall–Kier alpha value is -2.10. The topological polar surface area (TPSA) is 55.0 Å². The zero-order valence-electron chi connectivity index (χ0n) is 10.3. The highest BCUT2D eigenvalue weighted by Gasteiger charge is 2.05. The van der Waals surface area contributed by atoms with E-state index in [0.29, 0.717) is 0 Å². The van der Waals surface area contributed by atoms with E-state index in [4.69, 9.17) is 5.73 Å². The number of nitrogen functional groups attached to an aromatic ring is 1. The van der Waals surface area contributed by atoms with E-state index >= 15 is 0 Å². The van der Waals surface area contributed by atoms with Gasteiger partial charge in [-0.25, -0.2) is 9.97 Å². The molecule has 0 radical (unpaired) electrons. The molecule has 0 amide bonds. The number of aryl methyl sites for hydroxylation is 1. The molecule has 0 aliphatic rings. The first-order valence-corrected chi connectivity index (χ1v) is 5.45. The highest BCUT2D eigenvalue weighted by atomic mass is 15.1. The van der Waals surface area contributed by atoms with Crippen LogP contribution in [0.15, 0.2) is 30.5 Å². The third-order valence-corrected chi connectivity index (χ3v) is 2.58. The number of nitrogens with zero attached hydrogens (tertiary/aromatic N) is 3. The number of hydrogen-bond donors (Lipinski definition) is 1. The van der Waals surface area contributed by atoms with Crippen molar-refractivity contribution >= 4 is 11.4 Å². The molecule has 1 heterocycles. The van der Waals surface area contributed by atoms with Crippen LogP contribution in [0.25, 0.3) is 11.3 Å². The Morgan fingerprint density at radius 1 is 1.18 bits per heavy atom. The Bertz CT molecular complexity index is 535. The smallest absolute Gasteiger partial charge is 0.125 e. The summed E-state index contributed by atoms with van der Waals surface area (Å²) in [6.07, 6.45) is 1.76. The molecule has 88 valence electrons. The predicted octanol–water partition coefficient (Wildman–Crippen LogP) is 2.10. The second-order valence-electron chi connectivity index (χ2n) is 4.16. The molecule has 0 atom stereocenters. The van der Waals surface area contributed by atoms with Crippen LogP contribution >= 0.6 is 0 Å². The summed E-state index contributed by atoms with van der Waals surface area (Å²) in [6, 6.07) is 7.85. The van der Waals surface area contributed by atoms with Crippen molar-refractivity contribution in [1.29, 1.82) is 0 Å². The average molecular weight is 228 g/mol. The molecule has 0 aliphatic heterocycles. The van der Waals surface area contributed by atoms with Crippen LogP contribution < -0.4 is 10.6 Å². The van der Waals surface area contributed by atoms with Gasteiger partial charge in [0.15, 0.2) is 0 Å². The normalized spacial score (nSPS) is 10.3. The maximum atomic E-state index is 6.01. The number of rotatable bonds is 2. The minimum absolute atomic E-state index is 0.753. The van der Waals surface area contributed by atoms with Crippen LogP contribution in [0.2, 0.25) is 0 Å². The van der Waals surface area contributed by atoms with Crippen molar-refractivity contribution in [2.45, 2.75) is 6.92 Å². The molecule has 0 fully saturated rings. The molecule has 0 spiro atoms. The first kappa shape index (κ1) is 11.4. The Kier molecular flexibility index (Phi) is 2.95. The molecule has 17 heavy (non-hydrogen) atoms. The molecule has 4 nitrogen and oxygen atoms in total. The highest BCUT2D eigenvalue weighted by molar-refractivity contribution is 5.74. The second-order valence-corrected chi connectivity index (χ2v) is 4.16. The van der Waals surface area contributed by atoms with Gasteiger partial charge in [0.05, 0.1) is 17.1 Å². The van der Waals surface area contributed by atoms with Crippen LogP contribution in [-0.4, -0.2) is 24.1 Å². The lowest BCUT2D eigenvalue weighted by Crippen LogP contribution is -2.10. The summed E-state index contributed by atoms with van der Waals surface area (Å²) in [6.45, 7) is 1.88.